The number of aliphatic carboxylic acids is 1. The standard InChI is InChI=1S/C12H16O3/c13-10-3-6-12(7-4-11(14)15)5-1-2-9(12)8-10/h8H,1-7H2,(H,14,15). The zero-order chi connectivity index (χ0) is 10.9. The minimum absolute atomic E-state index is 0.0618. The molecule has 0 aromatic rings. The first-order valence-corrected chi connectivity index (χ1v) is 5.58. The average molecular weight is 208 g/mol. The smallest absolute Gasteiger partial charge is 0.303 e. The van der Waals surface area contributed by atoms with Crippen LogP contribution in [0.4, 0.5) is 0 Å². The molecule has 0 spiro atoms. The molecule has 0 aromatic carbocycles. The van der Waals surface area contributed by atoms with Gasteiger partial charge in [0, 0.05) is 12.8 Å². The van der Waals surface area contributed by atoms with Crippen molar-refractivity contribution in [1.82, 2.24) is 0 Å². The van der Waals surface area contributed by atoms with Crippen molar-refractivity contribution in [3.8, 4) is 0 Å². The molecule has 1 N–H and O–H groups in total. The Morgan fingerprint density at radius 3 is 2.93 bits per heavy atom. The van der Waals surface area contributed by atoms with Gasteiger partial charge in [0.25, 0.3) is 0 Å². The Morgan fingerprint density at radius 1 is 1.40 bits per heavy atom. The lowest BCUT2D eigenvalue weighted by Gasteiger charge is -2.33. The predicted molar refractivity (Wildman–Crippen MR) is 55.5 cm³/mol. The van der Waals surface area contributed by atoms with Crippen molar-refractivity contribution in [2.45, 2.75) is 44.9 Å². The lowest BCUT2D eigenvalue weighted by atomic mass is 9.71. The quantitative estimate of drug-likeness (QED) is 0.774. The second-order valence-corrected chi connectivity index (χ2v) is 4.66. The first kappa shape index (κ1) is 10.4. The van der Waals surface area contributed by atoms with E-state index in [-0.39, 0.29) is 17.6 Å². The van der Waals surface area contributed by atoms with Crippen molar-refractivity contribution in [2.24, 2.45) is 5.41 Å². The molecular weight excluding hydrogens is 192 g/mol. The van der Waals surface area contributed by atoms with E-state index in [1.165, 1.54) is 5.57 Å². The largest absolute Gasteiger partial charge is 0.481 e. The molecule has 0 bridgehead atoms. The van der Waals surface area contributed by atoms with Crippen LogP contribution in [0.15, 0.2) is 11.6 Å². The molecule has 1 atom stereocenters. The second kappa shape index (κ2) is 3.80. The summed E-state index contributed by atoms with van der Waals surface area (Å²) in [5.74, 6) is -0.509. The normalized spacial score (nSPS) is 29.9. The van der Waals surface area contributed by atoms with Crippen LogP contribution in [0.1, 0.15) is 44.9 Å². The van der Waals surface area contributed by atoms with Crippen molar-refractivity contribution in [1.29, 1.82) is 0 Å². The van der Waals surface area contributed by atoms with Gasteiger partial charge in [0.05, 0.1) is 0 Å². The van der Waals surface area contributed by atoms with E-state index < -0.39 is 5.97 Å². The van der Waals surface area contributed by atoms with Gasteiger partial charge in [-0.2, -0.15) is 0 Å². The van der Waals surface area contributed by atoms with E-state index in [1.807, 2.05) is 0 Å². The molecule has 15 heavy (non-hydrogen) atoms. The Hall–Kier alpha value is -1.12. The van der Waals surface area contributed by atoms with Crippen LogP contribution in [0.25, 0.3) is 0 Å². The van der Waals surface area contributed by atoms with Gasteiger partial charge in [-0.05, 0) is 43.6 Å². The Labute approximate surface area is 89.2 Å². The third-order valence-electron chi connectivity index (χ3n) is 3.79. The van der Waals surface area contributed by atoms with Crippen LogP contribution in [-0.2, 0) is 9.59 Å². The summed E-state index contributed by atoms with van der Waals surface area (Å²) in [6.45, 7) is 0. The molecule has 1 saturated carbocycles. The summed E-state index contributed by atoms with van der Waals surface area (Å²) in [4.78, 5) is 21.9. The fourth-order valence-electron chi connectivity index (χ4n) is 2.94. The highest BCUT2D eigenvalue weighted by Crippen LogP contribution is 2.51. The maximum absolute atomic E-state index is 11.3. The Balaban J connectivity index is 2.14. The molecule has 0 heterocycles. The number of allylic oxidation sites excluding steroid dienone is 2. The first-order chi connectivity index (χ1) is 7.12. The third-order valence-corrected chi connectivity index (χ3v) is 3.79. The third kappa shape index (κ3) is 1.96. The molecule has 2 aliphatic carbocycles. The number of carbonyl (C=O) groups is 2. The first-order valence-electron chi connectivity index (χ1n) is 5.58. The molecule has 1 fully saturated rings. The van der Waals surface area contributed by atoms with Gasteiger partial charge in [-0.1, -0.05) is 5.57 Å². The molecule has 1 unspecified atom stereocenters. The number of hydrogen-bond acceptors (Lipinski definition) is 2. The van der Waals surface area contributed by atoms with Gasteiger partial charge in [0.2, 0.25) is 0 Å². The Bertz CT molecular complexity index is 330. The molecule has 0 radical (unpaired) electrons. The van der Waals surface area contributed by atoms with E-state index >= 15 is 0 Å². The summed E-state index contributed by atoms with van der Waals surface area (Å²) in [7, 11) is 0. The highest BCUT2D eigenvalue weighted by atomic mass is 16.4. The maximum atomic E-state index is 11.3. The van der Waals surface area contributed by atoms with Crippen molar-refractivity contribution < 1.29 is 14.7 Å². The molecule has 2 aliphatic rings. The molecular formula is C12H16O3. The molecule has 82 valence electrons. The summed E-state index contributed by atoms with van der Waals surface area (Å²) in [5.41, 5.74) is 1.28. The number of ketones is 1. The van der Waals surface area contributed by atoms with E-state index in [0.717, 1.165) is 25.7 Å². The fraction of sp³-hybridized carbons (Fsp3) is 0.667. The van der Waals surface area contributed by atoms with Gasteiger partial charge in [0.1, 0.15) is 0 Å². The molecule has 0 aromatic heterocycles. The van der Waals surface area contributed by atoms with Crippen LogP contribution in [0, 0.1) is 5.41 Å². The molecule has 0 amide bonds. The number of carboxylic acid groups (broad SMARTS) is 1. The van der Waals surface area contributed by atoms with Gasteiger partial charge in [-0.25, -0.2) is 0 Å². The number of fused-ring (bicyclic) bond motifs is 1. The molecule has 2 rings (SSSR count). The van der Waals surface area contributed by atoms with Crippen molar-refractivity contribution in [2.75, 3.05) is 0 Å². The monoisotopic (exact) mass is 208 g/mol. The van der Waals surface area contributed by atoms with Crippen LogP contribution in [-0.4, -0.2) is 16.9 Å². The highest BCUT2D eigenvalue weighted by molar-refractivity contribution is 5.91. The predicted octanol–water partition coefficient (Wildman–Crippen LogP) is 2.31. The summed E-state index contributed by atoms with van der Waals surface area (Å²) in [6, 6.07) is 0. The maximum Gasteiger partial charge on any atom is 0.303 e. The summed E-state index contributed by atoms with van der Waals surface area (Å²) >= 11 is 0. The second-order valence-electron chi connectivity index (χ2n) is 4.66. The van der Waals surface area contributed by atoms with Gasteiger partial charge in [-0.3, -0.25) is 9.59 Å². The highest BCUT2D eigenvalue weighted by Gasteiger charge is 2.40. The minimum atomic E-state index is -0.729. The van der Waals surface area contributed by atoms with Crippen molar-refractivity contribution in [3.63, 3.8) is 0 Å². The number of rotatable bonds is 3. The van der Waals surface area contributed by atoms with Crippen LogP contribution >= 0.6 is 0 Å². The molecule has 0 saturated heterocycles. The molecule has 3 heteroatoms. The van der Waals surface area contributed by atoms with Gasteiger partial charge in [-0.15, -0.1) is 0 Å². The summed E-state index contributed by atoms with van der Waals surface area (Å²) < 4.78 is 0. The zero-order valence-corrected chi connectivity index (χ0v) is 8.79. The zero-order valence-electron chi connectivity index (χ0n) is 8.79. The minimum Gasteiger partial charge on any atom is -0.481 e. The Kier molecular flexibility index (Phi) is 2.63. The topological polar surface area (TPSA) is 54.4 Å². The van der Waals surface area contributed by atoms with E-state index in [0.29, 0.717) is 12.8 Å². The van der Waals surface area contributed by atoms with Crippen molar-refractivity contribution in [3.05, 3.63) is 11.6 Å². The van der Waals surface area contributed by atoms with E-state index in [1.54, 1.807) is 6.08 Å². The molecule has 3 nitrogen and oxygen atoms in total. The van der Waals surface area contributed by atoms with E-state index in [4.69, 9.17) is 5.11 Å². The van der Waals surface area contributed by atoms with E-state index in [2.05, 4.69) is 0 Å². The van der Waals surface area contributed by atoms with Gasteiger partial charge >= 0.3 is 5.97 Å². The van der Waals surface area contributed by atoms with Gasteiger partial charge in [0.15, 0.2) is 5.78 Å². The Morgan fingerprint density at radius 2 is 2.20 bits per heavy atom. The number of hydrogen-bond donors (Lipinski definition) is 1. The fourth-order valence-corrected chi connectivity index (χ4v) is 2.94. The lowest BCUT2D eigenvalue weighted by Crippen LogP contribution is -2.25. The number of carboxylic acids is 1. The van der Waals surface area contributed by atoms with E-state index in [9.17, 15) is 9.59 Å². The van der Waals surface area contributed by atoms with Crippen LogP contribution in [0.5, 0.6) is 0 Å². The van der Waals surface area contributed by atoms with Crippen LogP contribution in [0.3, 0.4) is 0 Å². The summed E-state index contributed by atoms with van der Waals surface area (Å²) in [5, 5.41) is 8.73. The van der Waals surface area contributed by atoms with Crippen LogP contribution < -0.4 is 0 Å². The lowest BCUT2D eigenvalue weighted by molar-refractivity contribution is -0.137. The SMILES string of the molecule is O=C(O)CCC12CCCC1=CC(=O)CC2. The van der Waals surface area contributed by atoms with Crippen molar-refractivity contribution >= 4 is 11.8 Å². The van der Waals surface area contributed by atoms with Crippen LogP contribution in [0.2, 0.25) is 0 Å². The summed E-state index contributed by atoms with van der Waals surface area (Å²) in [6.07, 6.45) is 7.35. The average Bonchev–Trinajstić information content (AvgIpc) is 2.58. The molecule has 0 aliphatic heterocycles. The number of carbonyl (C=O) groups excluding carboxylic acids is 1. The van der Waals surface area contributed by atoms with Gasteiger partial charge < -0.3 is 5.11 Å².